The first-order valence-electron chi connectivity index (χ1n) is 7.19. The van der Waals surface area contributed by atoms with Crippen molar-refractivity contribution in [2.75, 3.05) is 6.54 Å². The molecule has 1 saturated carbocycles. The van der Waals surface area contributed by atoms with Gasteiger partial charge in [0.05, 0.1) is 0 Å². The zero-order chi connectivity index (χ0) is 11.6. The van der Waals surface area contributed by atoms with Crippen LogP contribution in [0.2, 0.25) is 0 Å². The fraction of sp³-hybridized carbons (Fsp3) is 0.867. The van der Waals surface area contributed by atoms with Crippen LogP contribution in [0.5, 0.6) is 0 Å². The molecular formula is C15H29N. The third-order valence-corrected chi connectivity index (χ3v) is 3.85. The molecule has 1 N–H and O–H groups in total. The molecule has 1 aliphatic carbocycles. The Morgan fingerprint density at radius 1 is 1.12 bits per heavy atom. The Bertz CT molecular complexity index is 176. The summed E-state index contributed by atoms with van der Waals surface area (Å²) >= 11 is 0. The van der Waals surface area contributed by atoms with Crippen molar-refractivity contribution >= 4 is 0 Å². The van der Waals surface area contributed by atoms with E-state index in [4.69, 9.17) is 0 Å². The van der Waals surface area contributed by atoms with Crippen molar-refractivity contribution in [3.63, 3.8) is 0 Å². The van der Waals surface area contributed by atoms with E-state index >= 15 is 0 Å². The van der Waals surface area contributed by atoms with E-state index in [1.165, 1.54) is 64.3 Å². The molecule has 0 bridgehead atoms. The van der Waals surface area contributed by atoms with Crippen molar-refractivity contribution in [2.45, 2.75) is 70.8 Å². The molecule has 1 heteroatoms. The van der Waals surface area contributed by atoms with Gasteiger partial charge in [-0.05, 0) is 44.6 Å². The maximum absolute atomic E-state index is 3.76. The third kappa shape index (κ3) is 5.69. The number of nitrogens with one attached hydrogen (secondary N) is 1. The second-order valence-corrected chi connectivity index (χ2v) is 5.31. The predicted molar refractivity (Wildman–Crippen MR) is 72.7 cm³/mol. The highest BCUT2D eigenvalue weighted by atomic mass is 14.9. The molecule has 16 heavy (non-hydrogen) atoms. The quantitative estimate of drug-likeness (QED) is 0.386. The van der Waals surface area contributed by atoms with Gasteiger partial charge < -0.3 is 5.32 Å². The zero-order valence-corrected chi connectivity index (χ0v) is 11.0. The van der Waals surface area contributed by atoms with E-state index < -0.39 is 0 Å². The summed E-state index contributed by atoms with van der Waals surface area (Å²) in [4.78, 5) is 0. The first-order valence-corrected chi connectivity index (χ1v) is 7.19. The fourth-order valence-corrected chi connectivity index (χ4v) is 2.67. The molecule has 1 nitrogen and oxygen atoms in total. The maximum Gasteiger partial charge on any atom is 0.00926 e. The summed E-state index contributed by atoms with van der Waals surface area (Å²) in [6, 6.07) is 0.793. The van der Waals surface area contributed by atoms with Crippen LogP contribution in [0.15, 0.2) is 12.7 Å². The highest BCUT2D eigenvalue weighted by molar-refractivity contribution is 4.76. The minimum atomic E-state index is 0.793. The molecule has 0 spiro atoms. The Labute approximate surface area is 102 Å². The van der Waals surface area contributed by atoms with Crippen molar-refractivity contribution in [1.29, 1.82) is 0 Å². The van der Waals surface area contributed by atoms with Gasteiger partial charge in [-0.3, -0.25) is 0 Å². The Hall–Kier alpha value is -0.300. The normalized spacial score (nSPS) is 26.3. The predicted octanol–water partition coefficient (Wildman–Crippen LogP) is 4.29. The second kappa shape index (κ2) is 8.81. The van der Waals surface area contributed by atoms with E-state index in [2.05, 4.69) is 18.8 Å². The fourth-order valence-electron chi connectivity index (χ4n) is 2.67. The van der Waals surface area contributed by atoms with Gasteiger partial charge in [0.1, 0.15) is 0 Å². The summed E-state index contributed by atoms with van der Waals surface area (Å²) in [6.07, 6.45) is 14.3. The molecule has 94 valence electrons. The summed E-state index contributed by atoms with van der Waals surface area (Å²) in [5.74, 6) is 0.885. The van der Waals surface area contributed by atoms with Crippen LogP contribution in [0.3, 0.4) is 0 Å². The Morgan fingerprint density at radius 2 is 1.94 bits per heavy atom. The highest BCUT2D eigenvalue weighted by Gasteiger charge is 2.18. The molecular weight excluding hydrogens is 194 g/mol. The lowest BCUT2D eigenvalue weighted by atomic mass is 9.97. The topological polar surface area (TPSA) is 12.0 Å². The van der Waals surface area contributed by atoms with E-state index in [1.807, 2.05) is 6.08 Å². The minimum Gasteiger partial charge on any atom is -0.314 e. The van der Waals surface area contributed by atoms with Gasteiger partial charge >= 0.3 is 0 Å². The van der Waals surface area contributed by atoms with Gasteiger partial charge in [-0.1, -0.05) is 38.7 Å². The Morgan fingerprint density at radius 3 is 2.75 bits per heavy atom. The van der Waals surface area contributed by atoms with Crippen molar-refractivity contribution in [2.24, 2.45) is 5.92 Å². The lowest BCUT2D eigenvalue weighted by Crippen LogP contribution is -2.34. The molecule has 1 aliphatic rings. The van der Waals surface area contributed by atoms with Gasteiger partial charge in [-0.2, -0.15) is 0 Å². The van der Waals surface area contributed by atoms with E-state index in [1.54, 1.807) is 0 Å². The van der Waals surface area contributed by atoms with Crippen molar-refractivity contribution in [3.05, 3.63) is 12.7 Å². The molecule has 0 amide bonds. The zero-order valence-electron chi connectivity index (χ0n) is 11.0. The van der Waals surface area contributed by atoms with Crippen LogP contribution in [-0.4, -0.2) is 12.6 Å². The molecule has 1 fully saturated rings. The molecule has 2 atom stereocenters. The van der Waals surface area contributed by atoms with Crippen LogP contribution in [0, 0.1) is 5.92 Å². The van der Waals surface area contributed by atoms with Gasteiger partial charge in [-0.15, -0.1) is 6.58 Å². The highest BCUT2D eigenvalue weighted by Crippen LogP contribution is 2.22. The van der Waals surface area contributed by atoms with Gasteiger partial charge in [0.2, 0.25) is 0 Å². The smallest absolute Gasteiger partial charge is 0.00926 e. The number of hydrogen-bond acceptors (Lipinski definition) is 1. The molecule has 0 aromatic heterocycles. The lowest BCUT2D eigenvalue weighted by molar-refractivity contribution is 0.354. The Balaban J connectivity index is 2.03. The largest absolute Gasteiger partial charge is 0.314 e. The van der Waals surface area contributed by atoms with Crippen LogP contribution >= 0.6 is 0 Å². The van der Waals surface area contributed by atoms with Crippen LogP contribution in [0.4, 0.5) is 0 Å². The molecule has 0 aromatic rings. The van der Waals surface area contributed by atoms with Crippen molar-refractivity contribution in [3.8, 4) is 0 Å². The molecule has 0 radical (unpaired) electrons. The second-order valence-electron chi connectivity index (χ2n) is 5.31. The van der Waals surface area contributed by atoms with Crippen LogP contribution in [0.25, 0.3) is 0 Å². The van der Waals surface area contributed by atoms with E-state index in [-0.39, 0.29) is 0 Å². The molecule has 0 aliphatic heterocycles. The average molecular weight is 223 g/mol. The van der Waals surface area contributed by atoms with Gasteiger partial charge in [-0.25, -0.2) is 0 Å². The molecule has 0 aromatic carbocycles. The summed E-state index contributed by atoms with van der Waals surface area (Å²) in [5.41, 5.74) is 0. The first kappa shape index (κ1) is 13.8. The molecule has 0 saturated heterocycles. The van der Waals surface area contributed by atoms with E-state index in [0.717, 1.165) is 12.0 Å². The van der Waals surface area contributed by atoms with Crippen molar-refractivity contribution in [1.82, 2.24) is 5.32 Å². The summed E-state index contributed by atoms with van der Waals surface area (Å²) in [7, 11) is 0. The minimum absolute atomic E-state index is 0.793. The lowest BCUT2D eigenvalue weighted by Gasteiger charge is -2.22. The van der Waals surface area contributed by atoms with Crippen molar-refractivity contribution < 1.29 is 0 Å². The SMILES string of the molecule is C=CCCCCCNC1CCCCCC1C. The van der Waals surface area contributed by atoms with Crippen LogP contribution in [-0.2, 0) is 0 Å². The standard InChI is InChI=1S/C15H29N/c1-3-4-5-6-10-13-16-15-12-9-7-8-11-14(15)2/h3,14-16H,1,4-13H2,2H3. The number of allylic oxidation sites excluding steroid dienone is 1. The summed E-state index contributed by atoms with van der Waals surface area (Å²) in [6.45, 7) is 7.39. The van der Waals surface area contributed by atoms with E-state index in [9.17, 15) is 0 Å². The Kier molecular flexibility index (Phi) is 7.58. The first-order chi connectivity index (χ1) is 7.84. The number of unbranched alkanes of at least 4 members (excludes halogenated alkanes) is 3. The van der Waals surface area contributed by atoms with Crippen LogP contribution in [0.1, 0.15) is 64.7 Å². The molecule has 0 heterocycles. The maximum atomic E-state index is 3.76. The molecule has 2 unspecified atom stereocenters. The average Bonchev–Trinajstić information content (AvgIpc) is 2.49. The third-order valence-electron chi connectivity index (χ3n) is 3.85. The summed E-state index contributed by atoms with van der Waals surface area (Å²) in [5, 5.41) is 3.76. The number of hydrogen-bond donors (Lipinski definition) is 1. The van der Waals surface area contributed by atoms with Crippen LogP contribution < -0.4 is 5.32 Å². The monoisotopic (exact) mass is 223 g/mol. The van der Waals surface area contributed by atoms with Gasteiger partial charge in [0.15, 0.2) is 0 Å². The van der Waals surface area contributed by atoms with Gasteiger partial charge in [0.25, 0.3) is 0 Å². The van der Waals surface area contributed by atoms with E-state index in [0.29, 0.717) is 0 Å². The summed E-state index contributed by atoms with van der Waals surface area (Å²) < 4.78 is 0. The molecule has 1 rings (SSSR count). The van der Waals surface area contributed by atoms with Gasteiger partial charge in [0, 0.05) is 6.04 Å². The number of rotatable bonds is 7.